The Balaban J connectivity index is 1.63. The second-order valence-corrected chi connectivity index (χ2v) is 12.8. The molecule has 1 fully saturated rings. The van der Waals surface area contributed by atoms with Crippen molar-refractivity contribution < 1.29 is 33.8 Å². The average molecular weight is 731 g/mol. The number of nitrogens with zero attached hydrogens (tertiary/aromatic N) is 4. The maximum atomic E-state index is 13.9. The summed E-state index contributed by atoms with van der Waals surface area (Å²) in [6, 6.07) is 18.4. The van der Waals surface area contributed by atoms with Crippen LogP contribution >= 0.6 is 23.2 Å². The zero-order valence-electron chi connectivity index (χ0n) is 29.0. The van der Waals surface area contributed by atoms with Crippen molar-refractivity contribution in [3.63, 3.8) is 0 Å². The number of piperidine rings is 1. The van der Waals surface area contributed by atoms with Crippen LogP contribution in [-0.4, -0.2) is 101 Å². The average Bonchev–Trinajstić information content (AvgIpc) is 3.13. The fourth-order valence-electron chi connectivity index (χ4n) is 6.02. The Kier molecular flexibility index (Phi) is 14.0. The lowest BCUT2D eigenvalue weighted by atomic mass is 9.84. The van der Waals surface area contributed by atoms with Gasteiger partial charge >= 0.3 is 0 Å². The predicted molar refractivity (Wildman–Crippen MR) is 195 cm³/mol. The predicted octanol–water partition coefficient (Wildman–Crippen LogP) is 5.54. The first kappa shape index (κ1) is 38.6. The molecule has 12 nitrogen and oxygen atoms in total. The fraction of sp³-hybridized carbons (Fsp3) is 0.417. The molecule has 1 heterocycles. The van der Waals surface area contributed by atoms with Crippen LogP contribution in [0.1, 0.15) is 46.7 Å². The number of likely N-dealkylation sites (tertiary alicyclic amines) is 1. The number of carbonyl (C=O) groups is 1. The maximum Gasteiger partial charge on any atom is 0.254 e. The first-order valence-corrected chi connectivity index (χ1v) is 16.8. The van der Waals surface area contributed by atoms with Gasteiger partial charge < -0.3 is 44.5 Å². The van der Waals surface area contributed by atoms with Crippen molar-refractivity contribution in [1.82, 2.24) is 9.80 Å². The number of carbonyl (C=O) groups excluding carboxylic acids is 1. The SMILES string of the molecule is CON=C(N)CON=C(CN(C)C(=O)c1cc(OC)c(OC)c(OC)c1)C(CCN1CCC(O)(c2ccccc2)CC1)c1ccc(Cl)c(Cl)c1. The highest BCUT2D eigenvalue weighted by Gasteiger charge is 2.34. The third-order valence-electron chi connectivity index (χ3n) is 8.74. The van der Waals surface area contributed by atoms with E-state index in [1.54, 1.807) is 31.3 Å². The van der Waals surface area contributed by atoms with Gasteiger partial charge in [0, 0.05) is 31.6 Å². The molecule has 50 heavy (non-hydrogen) atoms. The molecule has 1 atom stereocenters. The van der Waals surface area contributed by atoms with Gasteiger partial charge in [0.1, 0.15) is 7.11 Å². The van der Waals surface area contributed by atoms with Gasteiger partial charge in [-0.2, -0.15) is 0 Å². The van der Waals surface area contributed by atoms with Gasteiger partial charge in [-0.25, -0.2) is 0 Å². The first-order chi connectivity index (χ1) is 24.0. The van der Waals surface area contributed by atoms with E-state index in [-0.39, 0.29) is 30.8 Å². The van der Waals surface area contributed by atoms with Crippen molar-refractivity contribution >= 4 is 40.7 Å². The summed E-state index contributed by atoms with van der Waals surface area (Å²) in [5.74, 6) is 0.491. The molecule has 3 aromatic carbocycles. The Morgan fingerprint density at radius 3 is 2.20 bits per heavy atom. The zero-order valence-corrected chi connectivity index (χ0v) is 30.5. The van der Waals surface area contributed by atoms with E-state index in [2.05, 4.69) is 15.2 Å². The largest absolute Gasteiger partial charge is 0.493 e. The normalized spacial score (nSPS) is 15.6. The number of rotatable bonds is 16. The summed E-state index contributed by atoms with van der Waals surface area (Å²) in [7, 11) is 7.53. The number of nitrogens with two attached hydrogens (primary N) is 1. The van der Waals surface area contributed by atoms with Gasteiger partial charge in [0.25, 0.3) is 5.91 Å². The number of hydrogen-bond donors (Lipinski definition) is 2. The Morgan fingerprint density at radius 1 is 0.960 bits per heavy atom. The quantitative estimate of drug-likeness (QED) is 0.111. The highest BCUT2D eigenvalue weighted by molar-refractivity contribution is 6.42. The zero-order chi connectivity index (χ0) is 36.3. The highest BCUT2D eigenvalue weighted by Crippen LogP contribution is 2.39. The number of aliphatic hydroxyl groups is 1. The molecule has 1 aliphatic heterocycles. The molecule has 0 bridgehead atoms. The van der Waals surface area contributed by atoms with Gasteiger partial charge in [0.15, 0.2) is 23.9 Å². The smallest absolute Gasteiger partial charge is 0.254 e. The Morgan fingerprint density at radius 2 is 1.62 bits per heavy atom. The molecule has 3 aromatic rings. The van der Waals surface area contributed by atoms with Crippen LogP contribution in [-0.2, 0) is 15.3 Å². The van der Waals surface area contributed by atoms with Crippen LogP contribution in [0.15, 0.2) is 71.0 Å². The third kappa shape index (κ3) is 9.72. The minimum Gasteiger partial charge on any atom is -0.493 e. The van der Waals surface area contributed by atoms with Crippen LogP contribution in [0.4, 0.5) is 0 Å². The maximum absolute atomic E-state index is 13.9. The number of benzene rings is 3. The number of hydrogen-bond acceptors (Lipinski definition) is 10. The minimum absolute atomic E-state index is 0.0789. The molecular weight excluding hydrogens is 685 g/mol. The number of amidine groups is 1. The van der Waals surface area contributed by atoms with Gasteiger partial charge in [0.2, 0.25) is 5.75 Å². The summed E-state index contributed by atoms with van der Waals surface area (Å²) >= 11 is 12.8. The molecule has 0 aliphatic carbocycles. The molecule has 0 aromatic heterocycles. The van der Waals surface area contributed by atoms with Gasteiger partial charge in [-0.1, -0.05) is 69.9 Å². The Labute approximate surface area is 303 Å². The second-order valence-electron chi connectivity index (χ2n) is 12.0. The molecule has 4 rings (SSSR count). The van der Waals surface area contributed by atoms with Crippen molar-refractivity contribution in [3.05, 3.63) is 87.4 Å². The van der Waals surface area contributed by atoms with Crippen LogP contribution in [0.5, 0.6) is 17.2 Å². The van der Waals surface area contributed by atoms with E-state index in [4.69, 9.17) is 52.8 Å². The summed E-state index contributed by atoms with van der Waals surface area (Å²) in [5.41, 5.74) is 7.64. The summed E-state index contributed by atoms with van der Waals surface area (Å²) < 4.78 is 16.4. The van der Waals surface area contributed by atoms with Crippen LogP contribution < -0.4 is 19.9 Å². The van der Waals surface area contributed by atoms with Gasteiger partial charge in [0.05, 0.1) is 49.2 Å². The fourth-order valence-corrected chi connectivity index (χ4v) is 6.32. The summed E-state index contributed by atoms with van der Waals surface area (Å²) in [4.78, 5) is 28.1. The molecule has 1 saturated heterocycles. The van der Waals surface area contributed by atoms with Crippen LogP contribution in [0, 0.1) is 0 Å². The molecule has 0 spiro atoms. The van der Waals surface area contributed by atoms with Gasteiger partial charge in [-0.05, 0) is 61.2 Å². The standard InChI is InChI=1S/C36H45Cl2N5O7/c1-42(35(44)25-20-31(46-2)34(48-4)32(21-25)47-3)22-30(40-50-23-33(39)41-49-5)27(24-11-12-28(37)29(38)19-24)13-16-43-17-14-36(45,15-18-43)26-9-7-6-8-10-26/h6-12,19-21,27,45H,13-18,22-23H2,1-5H3,(H2,39,41). The lowest BCUT2D eigenvalue weighted by Gasteiger charge is -2.39. The van der Waals surface area contributed by atoms with E-state index in [1.807, 2.05) is 36.4 Å². The van der Waals surface area contributed by atoms with E-state index in [1.165, 1.54) is 33.3 Å². The van der Waals surface area contributed by atoms with E-state index in [0.29, 0.717) is 77.5 Å². The van der Waals surface area contributed by atoms with Crippen LogP contribution in [0.3, 0.4) is 0 Å². The number of halogens is 2. The monoisotopic (exact) mass is 729 g/mol. The number of amides is 1. The Hall–Kier alpha value is -4.23. The lowest BCUT2D eigenvalue weighted by molar-refractivity contribution is -0.0261. The Bertz CT molecular complexity index is 1620. The second kappa shape index (κ2) is 18.1. The molecule has 270 valence electrons. The van der Waals surface area contributed by atoms with Crippen molar-refractivity contribution in [3.8, 4) is 17.2 Å². The van der Waals surface area contributed by atoms with Crippen LogP contribution in [0.2, 0.25) is 10.0 Å². The first-order valence-electron chi connectivity index (χ1n) is 16.1. The number of ether oxygens (including phenoxy) is 3. The molecule has 14 heteroatoms. The summed E-state index contributed by atoms with van der Waals surface area (Å²) in [5, 5.41) is 20.4. The number of methoxy groups -OCH3 is 3. The highest BCUT2D eigenvalue weighted by atomic mass is 35.5. The number of oxime groups is 2. The molecule has 0 radical (unpaired) electrons. The summed E-state index contributed by atoms with van der Waals surface area (Å²) in [6.07, 6.45) is 1.79. The molecule has 1 amide bonds. The van der Waals surface area contributed by atoms with Crippen molar-refractivity contribution in [2.24, 2.45) is 16.0 Å². The van der Waals surface area contributed by atoms with E-state index >= 15 is 0 Å². The molecule has 1 unspecified atom stereocenters. The summed E-state index contributed by atoms with van der Waals surface area (Å²) in [6.45, 7) is 2.01. The van der Waals surface area contributed by atoms with Crippen LogP contribution in [0.25, 0.3) is 0 Å². The van der Waals surface area contributed by atoms with E-state index < -0.39 is 5.60 Å². The van der Waals surface area contributed by atoms with E-state index in [9.17, 15) is 9.90 Å². The van der Waals surface area contributed by atoms with Gasteiger partial charge in [-0.15, -0.1) is 0 Å². The molecule has 0 saturated carbocycles. The van der Waals surface area contributed by atoms with E-state index in [0.717, 1.165) is 11.1 Å². The molecule has 3 N–H and O–H groups in total. The molecular formula is C36H45Cl2N5O7. The minimum atomic E-state index is -0.874. The molecule has 1 aliphatic rings. The lowest BCUT2D eigenvalue weighted by Crippen LogP contribution is -2.43. The third-order valence-corrected chi connectivity index (χ3v) is 9.48. The van der Waals surface area contributed by atoms with Crippen molar-refractivity contribution in [1.29, 1.82) is 0 Å². The van der Waals surface area contributed by atoms with Gasteiger partial charge in [-0.3, -0.25) is 4.79 Å². The topological polar surface area (TPSA) is 141 Å². The van der Waals surface area contributed by atoms with Crippen molar-refractivity contribution in [2.45, 2.75) is 30.8 Å². The van der Waals surface area contributed by atoms with Crippen molar-refractivity contribution in [2.75, 3.05) is 68.3 Å².